The molecule has 0 spiro atoms. The number of hydrogen-bond donors (Lipinski definition) is 2. The van der Waals surface area contributed by atoms with E-state index in [2.05, 4.69) is 49.1 Å². The number of imidazole rings is 2. The molecule has 0 saturated heterocycles. The summed E-state index contributed by atoms with van der Waals surface area (Å²) in [6.07, 6.45) is 3.32. The lowest BCUT2D eigenvalue weighted by atomic mass is 9.98. The highest BCUT2D eigenvalue weighted by Crippen LogP contribution is 2.38. The molecule has 0 bridgehead atoms. The molecular weight excluding hydrogens is 713 g/mol. The van der Waals surface area contributed by atoms with Crippen LogP contribution < -0.4 is 0 Å². The van der Waals surface area contributed by atoms with E-state index < -0.39 is 23.7 Å². The van der Waals surface area contributed by atoms with Crippen LogP contribution in [-0.2, 0) is 32.4 Å². The Labute approximate surface area is 315 Å². The Balaban J connectivity index is 1.18. The van der Waals surface area contributed by atoms with E-state index in [-0.39, 0.29) is 34.6 Å². The number of aryl methyl sites for hydroxylation is 1. The van der Waals surface area contributed by atoms with E-state index in [0.717, 1.165) is 18.7 Å². The van der Waals surface area contributed by atoms with Crippen molar-refractivity contribution in [3.05, 3.63) is 131 Å². The van der Waals surface area contributed by atoms with Crippen molar-refractivity contribution in [2.75, 3.05) is 27.2 Å². The number of halogens is 3. The summed E-state index contributed by atoms with van der Waals surface area (Å²) < 4.78 is 46.8. The van der Waals surface area contributed by atoms with Crippen LogP contribution in [0.25, 0.3) is 34.0 Å². The van der Waals surface area contributed by atoms with Gasteiger partial charge in [-0.1, -0.05) is 35.9 Å². The number of carboxylic acid groups (broad SMARTS) is 2. The zero-order valence-corrected chi connectivity index (χ0v) is 30.4. The maximum absolute atomic E-state index is 14.4. The lowest BCUT2D eigenvalue weighted by Crippen LogP contribution is -2.22. The lowest BCUT2D eigenvalue weighted by molar-refractivity contribution is -0.137. The highest BCUT2D eigenvalue weighted by atomic mass is 19.4. The van der Waals surface area contributed by atoms with Crippen molar-refractivity contribution >= 4 is 11.9 Å². The number of carboxylic acids is 2. The van der Waals surface area contributed by atoms with Crippen molar-refractivity contribution in [2.45, 2.75) is 39.3 Å². The van der Waals surface area contributed by atoms with Gasteiger partial charge in [0, 0.05) is 63.4 Å². The van der Waals surface area contributed by atoms with E-state index in [4.69, 9.17) is 0 Å². The molecule has 0 saturated carbocycles. The Kier molecular flexibility index (Phi) is 11.5. The Morgan fingerprint density at radius 2 is 1.22 bits per heavy atom. The van der Waals surface area contributed by atoms with Gasteiger partial charge in [0.1, 0.15) is 11.4 Å². The van der Waals surface area contributed by atoms with Gasteiger partial charge >= 0.3 is 18.1 Å². The van der Waals surface area contributed by atoms with E-state index in [1.54, 1.807) is 25.0 Å². The van der Waals surface area contributed by atoms with E-state index in [9.17, 15) is 33.0 Å². The second kappa shape index (κ2) is 16.4. The molecule has 0 fully saturated rings. The molecule has 4 heterocycles. The standard InChI is InChI=1S/C40H39F3N8O4/c1-26-4-6-27(7-5-26)20-48(2)12-14-51-23-37(46-25-51)35-19-30(39(54)55)18-33(47-35)31-16-28(8-9-32(31)40(41,42)43)21-49(3)13-15-50-22-36(45-24-50)34-17-29(38(52)53)10-11-44-34/h4-11,16-19,22-25H,12-15,20-21H2,1-3H3,(H,52,53)(H,54,55). The number of pyridine rings is 2. The Morgan fingerprint density at radius 3 is 1.82 bits per heavy atom. The molecule has 15 heteroatoms. The number of likely N-dealkylation sites (N-methyl/N-ethyl adjacent to an activating group) is 2. The summed E-state index contributed by atoms with van der Waals surface area (Å²) in [5, 5.41) is 19.2. The molecule has 0 aliphatic heterocycles. The van der Waals surface area contributed by atoms with Crippen molar-refractivity contribution < 1.29 is 33.0 Å². The predicted octanol–water partition coefficient (Wildman–Crippen LogP) is 6.86. The third-order valence-electron chi connectivity index (χ3n) is 9.04. The van der Waals surface area contributed by atoms with Gasteiger partial charge in [-0.2, -0.15) is 13.2 Å². The Bertz CT molecular complexity index is 2300. The summed E-state index contributed by atoms with van der Waals surface area (Å²) in [7, 11) is 3.83. The monoisotopic (exact) mass is 752 g/mol. The van der Waals surface area contributed by atoms with Crippen molar-refractivity contribution in [2.24, 2.45) is 0 Å². The molecule has 6 rings (SSSR count). The van der Waals surface area contributed by atoms with E-state index in [0.29, 0.717) is 48.8 Å². The first-order valence-electron chi connectivity index (χ1n) is 17.3. The molecule has 4 aromatic heterocycles. The Hall–Kier alpha value is -6.19. The number of aromatic carboxylic acids is 2. The molecule has 2 N–H and O–H groups in total. The zero-order valence-electron chi connectivity index (χ0n) is 30.4. The van der Waals surface area contributed by atoms with Gasteiger partial charge in [0.2, 0.25) is 0 Å². The van der Waals surface area contributed by atoms with Gasteiger partial charge in [0.05, 0.1) is 46.4 Å². The molecule has 12 nitrogen and oxygen atoms in total. The van der Waals surface area contributed by atoms with Crippen LogP contribution in [0.3, 0.4) is 0 Å². The van der Waals surface area contributed by atoms with Crippen molar-refractivity contribution in [1.29, 1.82) is 0 Å². The number of hydrogen-bond acceptors (Lipinski definition) is 8. The average Bonchev–Trinajstić information content (AvgIpc) is 3.84. The number of alkyl halides is 3. The van der Waals surface area contributed by atoms with Gasteiger partial charge in [0.15, 0.2) is 0 Å². The third kappa shape index (κ3) is 9.87. The highest BCUT2D eigenvalue weighted by molar-refractivity contribution is 5.91. The number of carbonyl (C=O) groups is 2. The summed E-state index contributed by atoms with van der Waals surface area (Å²) in [5.74, 6) is -2.38. The number of aromatic nitrogens is 6. The van der Waals surface area contributed by atoms with Crippen LogP contribution in [0.15, 0.2) is 98.0 Å². The Morgan fingerprint density at radius 1 is 0.673 bits per heavy atom. The number of nitrogens with zero attached hydrogens (tertiary/aromatic N) is 8. The molecule has 6 aromatic rings. The van der Waals surface area contributed by atoms with Crippen LogP contribution in [0.2, 0.25) is 0 Å². The van der Waals surface area contributed by atoms with Crippen molar-refractivity contribution in [3.63, 3.8) is 0 Å². The summed E-state index contributed by atoms with van der Waals surface area (Å²) in [6.45, 7) is 5.32. The van der Waals surface area contributed by atoms with Gasteiger partial charge < -0.3 is 29.1 Å². The average molecular weight is 753 g/mol. The van der Waals surface area contributed by atoms with Crippen molar-refractivity contribution in [3.8, 4) is 34.0 Å². The van der Waals surface area contributed by atoms with Gasteiger partial charge in [-0.3, -0.25) is 4.98 Å². The molecule has 0 atom stereocenters. The molecule has 0 amide bonds. The SMILES string of the molecule is Cc1ccc(CN(C)CCn2cnc(-c3cc(C(=O)O)cc(-c4cc(CN(C)CCn5cnc(-c6cc(C(=O)O)ccn6)c5)ccc4C(F)(F)F)n3)c2)cc1. The molecular formula is C40H39F3N8O4. The summed E-state index contributed by atoms with van der Waals surface area (Å²) >= 11 is 0. The van der Waals surface area contributed by atoms with Crippen LogP contribution in [0, 0.1) is 6.92 Å². The summed E-state index contributed by atoms with van der Waals surface area (Å²) in [4.78, 5) is 45.1. The van der Waals surface area contributed by atoms with E-state index in [1.165, 1.54) is 47.7 Å². The van der Waals surface area contributed by atoms with Crippen LogP contribution in [0.5, 0.6) is 0 Å². The van der Waals surface area contributed by atoms with E-state index in [1.807, 2.05) is 35.1 Å². The largest absolute Gasteiger partial charge is 0.478 e. The van der Waals surface area contributed by atoms with Crippen LogP contribution in [-0.4, -0.2) is 88.2 Å². The van der Waals surface area contributed by atoms with Gasteiger partial charge in [-0.15, -0.1) is 0 Å². The van der Waals surface area contributed by atoms with E-state index >= 15 is 0 Å². The molecule has 0 aliphatic rings. The predicted molar refractivity (Wildman–Crippen MR) is 199 cm³/mol. The smallest absolute Gasteiger partial charge is 0.417 e. The molecule has 0 aliphatic carbocycles. The topological polar surface area (TPSA) is 142 Å². The van der Waals surface area contributed by atoms with Crippen LogP contribution in [0.4, 0.5) is 13.2 Å². The normalized spacial score (nSPS) is 11.8. The first-order valence-corrected chi connectivity index (χ1v) is 17.3. The fourth-order valence-electron chi connectivity index (χ4n) is 6.05. The summed E-state index contributed by atoms with van der Waals surface area (Å²) in [5.41, 5.74) is 2.90. The molecule has 55 heavy (non-hydrogen) atoms. The summed E-state index contributed by atoms with van der Waals surface area (Å²) in [6, 6.07) is 17.4. The third-order valence-corrected chi connectivity index (χ3v) is 9.04. The number of benzene rings is 2. The minimum atomic E-state index is -4.73. The van der Waals surface area contributed by atoms with Crippen LogP contribution >= 0.6 is 0 Å². The van der Waals surface area contributed by atoms with Crippen molar-refractivity contribution in [1.82, 2.24) is 38.9 Å². The van der Waals surface area contributed by atoms with Gasteiger partial charge in [-0.25, -0.2) is 24.5 Å². The molecule has 0 radical (unpaired) electrons. The minimum absolute atomic E-state index is 0.0936. The van der Waals surface area contributed by atoms with Crippen LogP contribution in [0.1, 0.15) is 43.0 Å². The minimum Gasteiger partial charge on any atom is -0.478 e. The number of rotatable bonds is 15. The fourth-order valence-corrected chi connectivity index (χ4v) is 6.05. The second-order valence-electron chi connectivity index (χ2n) is 13.5. The molecule has 284 valence electrons. The van der Waals surface area contributed by atoms with Gasteiger partial charge in [-0.05, 0) is 68.5 Å². The maximum atomic E-state index is 14.4. The fraction of sp³-hybridized carbons (Fsp3) is 0.250. The first-order chi connectivity index (χ1) is 26.2. The first kappa shape index (κ1) is 38.5. The lowest BCUT2D eigenvalue weighted by Gasteiger charge is -2.19. The molecule has 0 unspecified atom stereocenters. The molecule has 2 aromatic carbocycles. The quantitative estimate of drug-likeness (QED) is 0.114. The maximum Gasteiger partial charge on any atom is 0.417 e. The zero-order chi connectivity index (χ0) is 39.3. The highest BCUT2D eigenvalue weighted by Gasteiger charge is 2.34. The van der Waals surface area contributed by atoms with Gasteiger partial charge in [0.25, 0.3) is 0 Å². The second-order valence-corrected chi connectivity index (χ2v) is 13.5.